The number of nitrogen functional groups attached to an aromatic ring is 1. The minimum atomic E-state index is -0.624. The van der Waals surface area contributed by atoms with Crippen LogP contribution < -0.4 is 11.1 Å². The maximum absolute atomic E-state index is 11.7. The summed E-state index contributed by atoms with van der Waals surface area (Å²) in [6.07, 6.45) is 5.54. The predicted octanol–water partition coefficient (Wildman–Crippen LogP) is 1.34. The maximum atomic E-state index is 11.7. The molecule has 3 N–H and O–H groups in total. The van der Waals surface area contributed by atoms with Crippen LogP contribution in [-0.4, -0.2) is 11.4 Å². The standard InChI is InChI=1S/C13H16N2O/c1-4-13(2,3)15-12(16)9-10-7-5-6-8-11(10)14/h1,5-8H,9,14H2,2-3H3,(H,15,16). The van der Waals surface area contributed by atoms with Crippen molar-refractivity contribution < 1.29 is 4.79 Å². The highest BCUT2D eigenvalue weighted by Crippen LogP contribution is 2.11. The van der Waals surface area contributed by atoms with Crippen LogP contribution in [0.25, 0.3) is 0 Å². The molecule has 1 aromatic rings. The average molecular weight is 216 g/mol. The molecule has 16 heavy (non-hydrogen) atoms. The SMILES string of the molecule is C#CC(C)(C)NC(=O)Cc1ccccc1N. The van der Waals surface area contributed by atoms with E-state index in [1.54, 1.807) is 19.9 Å². The normalized spacial score (nSPS) is 10.6. The van der Waals surface area contributed by atoms with E-state index in [1.807, 2.05) is 18.2 Å². The van der Waals surface area contributed by atoms with Crippen molar-refractivity contribution in [1.29, 1.82) is 0 Å². The molecule has 0 atom stereocenters. The van der Waals surface area contributed by atoms with Gasteiger partial charge in [0.25, 0.3) is 0 Å². The fraction of sp³-hybridized carbons (Fsp3) is 0.308. The number of rotatable bonds is 3. The molecule has 0 aromatic heterocycles. The third-order valence-electron chi connectivity index (χ3n) is 2.22. The lowest BCUT2D eigenvalue weighted by molar-refractivity contribution is -0.121. The van der Waals surface area contributed by atoms with Crippen molar-refractivity contribution >= 4 is 11.6 Å². The van der Waals surface area contributed by atoms with Gasteiger partial charge in [0.2, 0.25) is 5.91 Å². The number of para-hydroxylation sites is 1. The first kappa shape index (κ1) is 12.1. The molecule has 0 aliphatic heterocycles. The van der Waals surface area contributed by atoms with Crippen molar-refractivity contribution in [2.45, 2.75) is 25.8 Å². The molecule has 84 valence electrons. The topological polar surface area (TPSA) is 55.1 Å². The summed E-state index contributed by atoms with van der Waals surface area (Å²) in [5.41, 5.74) is 6.55. The van der Waals surface area contributed by atoms with Crippen molar-refractivity contribution in [1.82, 2.24) is 5.32 Å². The zero-order chi connectivity index (χ0) is 12.2. The molecule has 0 heterocycles. The van der Waals surface area contributed by atoms with Gasteiger partial charge in [0.05, 0.1) is 12.0 Å². The summed E-state index contributed by atoms with van der Waals surface area (Å²) in [6.45, 7) is 3.55. The lowest BCUT2D eigenvalue weighted by atomic mass is 10.1. The molecule has 0 unspecified atom stereocenters. The zero-order valence-electron chi connectivity index (χ0n) is 9.58. The minimum absolute atomic E-state index is 0.124. The highest BCUT2D eigenvalue weighted by molar-refractivity contribution is 5.81. The molecule has 0 fully saturated rings. The Morgan fingerprint density at radius 1 is 1.50 bits per heavy atom. The number of carbonyl (C=O) groups excluding carboxylic acids is 1. The van der Waals surface area contributed by atoms with Crippen LogP contribution in [0.4, 0.5) is 5.69 Å². The molecule has 3 nitrogen and oxygen atoms in total. The molecular formula is C13H16N2O. The van der Waals surface area contributed by atoms with Crippen LogP contribution in [0.2, 0.25) is 0 Å². The van der Waals surface area contributed by atoms with E-state index in [-0.39, 0.29) is 12.3 Å². The lowest BCUT2D eigenvalue weighted by Crippen LogP contribution is -2.42. The molecule has 0 aliphatic carbocycles. The number of amides is 1. The smallest absolute Gasteiger partial charge is 0.225 e. The second-order valence-corrected chi connectivity index (χ2v) is 4.19. The molecule has 1 amide bonds. The average Bonchev–Trinajstić information content (AvgIpc) is 2.21. The molecular weight excluding hydrogens is 200 g/mol. The first-order valence-electron chi connectivity index (χ1n) is 5.07. The maximum Gasteiger partial charge on any atom is 0.225 e. The molecule has 0 saturated carbocycles. The fourth-order valence-corrected chi connectivity index (χ4v) is 1.30. The Morgan fingerprint density at radius 2 is 2.12 bits per heavy atom. The first-order chi connectivity index (χ1) is 7.44. The van der Waals surface area contributed by atoms with E-state index >= 15 is 0 Å². The van der Waals surface area contributed by atoms with Gasteiger partial charge >= 0.3 is 0 Å². The summed E-state index contributed by atoms with van der Waals surface area (Å²) in [6, 6.07) is 7.29. The number of benzene rings is 1. The number of nitrogens with one attached hydrogen (secondary N) is 1. The third-order valence-corrected chi connectivity index (χ3v) is 2.22. The van der Waals surface area contributed by atoms with Crippen molar-refractivity contribution in [3.8, 4) is 12.3 Å². The quantitative estimate of drug-likeness (QED) is 0.591. The molecule has 0 bridgehead atoms. The van der Waals surface area contributed by atoms with Gasteiger partial charge in [0, 0.05) is 5.69 Å². The van der Waals surface area contributed by atoms with Gasteiger partial charge in [-0.2, -0.15) is 0 Å². The summed E-state index contributed by atoms with van der Waals surface area (Å²) >= 11 is 0. The highest BCUT2D eigenvalue weighted by atomic mass is 16.1. The number of anilines is 1. The Labute approximate surface area is 96.0 Å². The third kappa shape index (κ3) is 3.32. The van der Waals surface area contributed by atoms with Crippen LogP contribution in [0.3, 0.4) is 0 Å². The predicted molar refractivity (Wildman–Crippen MR) is 65.6 cm³/mol. The lowest BCUT2D eigenvalue weighted by Gasteiger charge is -2.19. The van der Waals surface area contributed by atoms with Gasteiger partial charge in [-0.15, -0.1) is 6.42 Å². The van der Waals surface area contributed by atoms with E-state index in [2.05, 4.69) is 11.2 Å². The summed E-state index contributed by atoms with van der Waals surface area (Å²) in [7, 11) is 0. The number of hydrogen-bond acceptors (Lipinski definition) is 2. The molecule has 1 rings (SSSR count). The van der Waals surface area contributed by atoms with E-state index in [4.69, 9.17) is 12.2 Å². The first-order valence-corrected chi connectivity index (χ1v) is 5.07. The Kier molecular flexibility index (Phi) is 3.57. The molecule has 0 spiro atoms. The number of hydrogen-bond donors (Lipinski definition) is 2. The zero-order valence-corrected chi connectivity index (χ0v) is 9.58. The largest absolute Gasteiger partial charge is 0.398 e. The van der Waals surface area contributed by atoms with Gasteiger partial charge in [0.1, 0.15) is 0 Å². The molecule has 0 aliphatic rings. The van der Waals surface area contributed by atoms with Gasteiger partial charge < -0.3 is 11.1 Å². The van der Waals surface area contributed by atoms with Crippen LogP contribution >= 0.6 is 0 Å². The van der Waals surface area contributed by atoms with Gasteiger partial charge in [0.15, 0.2) is 0 Å². The van der Waals surface area contributed by atoms with E-state index in [1.165, 1.54) is 0 Å². The Morgan fingerprint density at radius 3 is 2.69 bits per heavy atom. The Balaban J connectivity index is 2.67. The van der Waals surface area contributed by atoms with Gasteiger partial charge in [-0.25, -0.2) is 0 Å². The fourth-order valence-electron chi connectivity index (χ4n) is 1.30. The van der Waals surface area contributed by atoms with E-state index < -0.39 is 5.54 Å². The molecule has 1 aromatic carbocycles. The van der Waals surface area contributed by atoms with E-state index in [0.29, 0.717) is 5.69 Å². The van der Waals surface area contributed by atoms with Gasteiger partial charge in [-0.05, 0) is 25.5 Å². The number of terminal acetylenes is 1. The van der Waals surface area contributed by atoms with Crippen molar-refractivity contribution in [3.05, 3.63) is 29.8 Å². The number of nitrogens with two attached hydrogens (primary N) is 1. The van der Waals surface area contributed by atoms with Crippen molar-refractivity contribution in [3.63, 3.8) is 0 Å². The van der Waals surface area contributed by atoms with Crippen molar-refractivity contribution in [2.75, 3.05) is 5.73 Å². The van der Waals surface area contributed by atoms with Crippen LogP contribution in [0.15, 0.2) is 24.3 Å². The van der Waals surface area contributed by atoms with Crippen molar-refractivity contribution in [2.24, 2.45) is 0 Å². The van der Waals surface area contributed by atoms with Crippen LogP contribution in [-0.2, 0) is 11.2 Å². The summed E-state index contributed by atoms with van der Waals surface area (Å²) < 4.78 is 0. The molecule has 3 heteroatoms. The number of carbonyl (C=O) groups is 1. The van der Waals surface area contributed by atoms with E-state index in [9.17, 15) is 4.79 Å². The second-order valence-electron chi connectivity index (χ2n) is 4.19. The molecule has 0 radical (unpaired) electrons. The Bertz CT molecular complexity index is 430. The Hall–Kier alpha value is -1.95. The monoisotopic (exact) mass is 216 g/mol. The van der Waals surface area contributed by atoms with E-state index in [0.717, 1.165) is 5.56 Å². The van der Waals surface area contributed by atoms with Crippen LogP contribution in [0.5, 0.6) is 0 Å². The van der Waals surface area contributed by atoms with Crippen LogP contribution in [0, 0.1) is 12.3 Å². The summed E-state index contributed by atoms with van der Waals surface area (Å²) in [5, 5.41) is 2.75. The molecule has 0 saturated heterocycles. The van der Waals surface area contributed by atoms with Crippen LogP contribution in [0.1, 0.15) is 19.4 Å². The summed E-state index contributed by atoms with van der Waals surface area (Å²) in [5.74, 6) is 2.39. The van der Waals surface area contributed by atoms with Gasteiger partial charge in [-0.3, -0.25) is 4.79 Å². The summed E-state index contributed by atoms with van der Waals surface area (Å²) in [4.78, 5) is 11.7. The minimum Gasteiger partial charge on any atom is -0.398 e. The second kappa shape index (κ2) is 4.71. The van der Waals surface area contributed by atoms with Gasteiger partial charge in [-0.1, -0.05) is 24.1 Å². The highest BCUT2D eigenvalue weighted by Gasteiger charge is 2.17.